The van der Waals surface area contributed by atoms with Crippen LogP contribution in [0.1, 0.15) is 63.4 Å². The lowest BCUT2D eigenvalue weighted by atomic mass is 9.93. The summed E-state index contributed by atoms with van der Waals surface area (Å²) >= 11 is 6.14. The molecule has 4 rings (SSSR count). The van der Waals surface area contributed by atoms with Crippen molar-refractivity contribution in [3.05, 3.63) is 80.9 Å². The van der Waals surface area contributed by atoms with Crippen LogP contribution in [0.4, 0.5) is 0 Å². The Morgan fingerprint density at radius 2 is 1.97 bits per heavy atom. The van der Waals surface area contributed by atoms with Crippen molar-refractivity contribution in [3.8, 4) is 6.07 Å². The highest BCUT2D eigenvalue weighted by molar-refractivity contribution is 7.90. The quantitative estimate of drug-likeness (QED) is 0.638. The third-order valence-corrected chi connectivity index (χ3v) is 7.62. The van der Waals surface area contributed by atoms with Crippen LogP contribution in [0.15, 0.2) is 52.4 Å². The Labute approximate surface area is 186 Å². The first-order valence-corrected chi connectivity index (χ1v) is 11.9. The number of carboxylic acids is 1. The Hall–Kier alpha value is -2.88. The highest BCUT2D eigenvalue weighted by Crippen LogP contribution is 2.44. The van der Waals surface area contributed by atoms with Gasteiger partial charge in [-0.1, -0.05) is 23.7 Å². The molecule has 2 aromatic carbocycles. The van der Waals surface area contributed by atoms with Gasteiger partial charge in [0.1, 0.15) is 0 Å². The Bertz CT molecular complexity index is 1310. The molecule has 0 bridgehead atoms. The van der Waals surface area contributed by atoms with Crippen molar-refractivity contribution in [1.29, 1.82) is 5.26 Å². The van der Waals surface area contributed by atoms with Gasteiger partial charge in [0.2, 0.25) is 0 Å². The normalized spacial score (nSPS) is 15.9. The lowest BCUT2D eigenvalue weighted by Gasteiger charge is -2.17. The van der Waals surface area contributed by atoms with E-state index in [1.54, 1.807) is 24.3 Å². The molecule has 1 N–H and O–H groups in total. The Morgan fingerprint density at radius 1 is 1.23 bits per heavy atom. The van der Waals surface area contributed by atoms with E-state index in [1.807, 2.05) is 13.0 Å². The Balaban J connectivity index is 1.82. The van der Waals surface area contributed by atoms with Crippen molar-refractivity contribution in [1.82, 2.24) is 0 Å². The highest BCUT2D eigenvalue weighted by atomic mass is 35.5. The lowest BCUT2D eigenvalue weighted by molar-refractivity contribution is 0.0696. The molecule has 2 aromatic rings. The zero-order chi connectivity index (χ0) is 22.3. The molecule has 0 aromatic heterocycles. The molecule has 5 nitrogen and oxygen atoms in total. The predicted molar refractivity (Wildman–Crippen MR) is 119 cm³/mol. The van der Waals surface area contributed by atoms with Gasteiger partial charge in [-0.3, -0.25) is 0 Å². The first kappa shape index (κ1) is 21.4. The van der Waals surface area contributed by atoms with Gasteiger partial charge in [-0.15, -0.1) is 0 Å². The molecular weight excluding hydrogens is 434 g/mol. The zero-order valence-electron chi connectivity index (χ0n) is 16.9. The van der Waals surface area contributed by atoms with Gasteiger partial charge in [-0.2, -0.15) is 5.26 Å². The third kappa shape index (κ3) is 4.30. The van der Waals surface area contributed by atoms with Crippen molar-refractivity contribution in [3.63, 3.8) is 0 Å². The van der Waals surface area contributed by atoms with E-state index in [-0.39, 0.29) is 22.1 Å². The molecule has 1 saturated carbocycles. The highest BCUT2D eigenvalue weighted by Gasteiger charge is 2.32. The fraction of sp³-hybridized carbons (Fsp3) is 0.250. The summed E-state index contributed by atoms with van der Waals surface area (Å²) in [6.07, 6.45) is 5.94. The molecular formula is C24H20ClNO4S. The number of sulfone groups is 1. The summed E-state index contributed by atoms with van der Waals surface area (Å²) in [5, 5.41) is 19.4. The molecule has 2 aliphatic rings. The van der Waals surface area contributed by atoms with Crippen LogP contribution in [0, 0.1) is 18.3 Å². The molecule has 7 heteroatoms. The number of hydrogen-bond donors (Lipinski definition) is 1. The number of nitriles is 1. The molecule has 0 aliphatic heterocycles. The van der Waals surface area contributed by atoms with Crippen LogP contribution in [-0.4, -0.2) is 19.5 Å². The van der Waals surface area contributed by atoms with Crippen molar-refractivity contribution >= 4 is 33.0 Å². The van der Waals surface area contributed by atoms with E-state index < -0.39 is 15.8 Å². The van der Waals surface area contributed by atoms with E-state index in [0.717, 1.165) is 29.5 Å². The van der Waals surface area contributed by atoms with Gasteiger partial charge in [0.25, 0.3) is 0 Å². The Morgan fingerprint density at radius 3 is 2.55 bits per heavy atom. The van der Waals surface area contributed by atoms with Crippen LogP contribution in [0.5, 0.6) is 0 Å². The second-order valence-electron chi connectivity index (χ2n) is 8.01. The van der Waals surface area contributed by atoms with E-state index in [2.05, 4.69) is 6.07 Å². The number of halogens is 1. The van der Waals surface area contributed by atoms with E-state index in [1.165, 1.54) is 12.1 Å². The van der Waals surface area contributed by atoms with Gasteiger partial charge < -0.3 is 5.11 Å². The minimum atomic E-state index is -3.86. The molecule has 1 fully saturated rings. The average Bonchev–Trinajstić information content (AvgIpc) is 3.48. The predicted octanol–water partition coefficient (Wildman–Crippen LogP) is 5.33. The summed E-state index contributed by atoms with van der Waals surface area (Å²) in [5.74, 6) is -1.35. The second-order valence-corrected chi connectivity index (χ2v) is 10.5. The number of benzene rings is 2. The van der Waals surface area contributed by atoms with E-state index in [4.69, 9.17) is 11.6 Å². The minimum Gasteiger partial charge on any atom is -0.478 e. The number of aryl methyl sites for hydroxylation is 1. The number of hydrogen-bond acceptors (Lipinski definition) is 4. The van der Waals surface area contributed by atoms with Crippen LogP contribution in [0.3, 0.4) is 0 Å². The molecule has 0 heterocycles. The van der Waals surface area contributed by atoms with Gasteiger partial charge in [-0.05, 0) is 83.9 Å². The standard InChI is InChI=1S/C24H20ClNO4S/c1-14-8-15(12-26)9-19(23(14)17-4-6-20(25)10-17)13-31(29,30)22-11-18(24(27)28)5-7-21(22)16-2-3-16/h4-9,11,16H,2-3,10,13H2,1H3,(H,27,28). The van der Waals surface area contributed by atoms with E-state index in [9.17, 15) is 23.6 Å². The molecule has 0 unspecified atom stereocenters. The topological polar surface area (TPSA) is 95.2 Å². The summed E-state index contributed by atoms with van der Waals surface area (Å²) in [4.78, 5) is 11.5. The molecule has 0 atom stereocenters. The zero-order valence-corrected chi connectivity index (χ0v) is 18.4. The van der Waals surface area contributed by atoms with E-state index >= 15 is 0 Å². The number of carbonyl (C=O) groups is 1. The molecule has 2 aliphatic carbocycles. The molecule has 31 heavy (non-hydrogen) atoms. The molecule has 0 amide bonds. The number of aromatic carboxylic acids is 1. The van der Waals surface area contributed by atoms with Crippen molar-refractivity contribution in [2.45, 2.75) is 42.8 Å². The largest absolute Gasteiger partial charge is 0.478 e. The summed E-state index contributed by atoms with van der Waals surface area (Å²) in [5.41, 5.74) is 3.99. The summed E-state index contributed by atoms with van der Waals surface area (Å²) in [6, 6.07) is 9.77. The maximum Gasteiger partial charge on any atom is 0.335 e. The molecule has 158 valence electrons. The number of allylic oxidation sites excluding steroid dienone is 4. The van der Waals surface area contributed by atoms with Gasteiger partial charge >= 0.3 is 5.97 Å². The maximum atomic E-state index is 13.5. The lowest BCUT2D eigenvalue weighted by Crippen LogP contribution is -2.12. The fourth-order valence-electron chi connectivity index (χ4n) is 4.11. The minimum absolute atomic E-state index is 0.0559. The van der Waals surface area contributed by atoms with Crippen LogP contribution >= 0.6 is 11.6 Å². The Kier molecular flexibility index (Phi) is 5.50. The van der Waals surface area contributed by atoms with Crippen LogP contribution in [-0.2, 0) is 15.6 Å². The number of nitrogens with zero attached hydrogens (tertiary/aromatic N) is 1. The SMILES string of the molecule is Cc1cc(C#N)cc(CS(=O)(=O)c2cc(C(=O)O)ccc2C2CC2)c1C1=CC=C(Cl)C1. The molecule has 0 radical (unpaired) electrons. The van der Waals surface area contributed by atoms with Gasteiger partial charge in [0.05, 0.1) is 27.8 Å². The van der Waals surface area contributed by atoms with Crippen LogP contribution in [0.2, 0.25) is 0 Å². The average molecular weight is 454 g/mol. The smallest absolute Gasteiger partial charge is 0.335 e. The fourth-order valence-corrected chi connectivity index (χ4v) is 6.01. The van der Waals surface area contributed by atoms with E-state index in [0.29, 0.717) is 28.1 Å². The summed E-state index contributed by atoms with van der Waals surface area (Å²) < 4.78 is 27.1. The monoisotopic (exact) mass is 453 g/mol. The molecule has 0 spiro atoms. The second kappa shape index (κ2) is 7.99. The van der Waals surface area contributed by atoms with Crippen molar-refractivity contribution < 1.29 is 18.3 Å². The van der Waals surface area contributed by atoms with Gasteiger partial charge in [-0.25, -0.2) is 13.2 Å². The maximum absolute atomic E-state index is 13.5. The molecule has 0 saturated heterocycles. The first-order valence-electron chi connectivity index (χ1n) is 9.89. The van der Waals surface area contributed by atoms with Crippen molar-refractivity contribution in [2.75, 3.05) is 0 Å². The van der Waals surface area contributed by atoms with Gasteiger partial charge in [0.15, 0.2) is 9.84 Å². The number of carboxylic acid groups (broad SMARTS) is 1. The first-order chi connectivity index (χ1) is 14.7. The summed E-state index contributed by atoms with van der Waals surface area (Å²) in [6.45, 7) is 1.85. The van der Waals surface area contributed by atoms with Crippen LogP contribution < -0.4 is 0 Å². The van der Waals surface area contributed by atoms with Gasteiger partial charge in [0, 0.05) is 11.5 Å². The van der Waals surface area contributed by atoms with Crippen molar-refractivity contribution in [2.24, 2.45) is 0 Å². The van der Waals surface area contributed by atoms with Crippen LogP contribution in [0.25, 0.3) is 5.57 Å². The summed E-state index contributed by atoms with van der Waals surface area (Å²) in [7, 11) is -3.86. The number of rotatable bonds is 6. The third-order valence-electron chi connectivity index (χ3n) is 5.65.